The number of nitrogens with zero attached hydrogens (tertiary/aromatic N) is 2. The number of aromatic amines is 1. The Balaban J connectivity index is 1.63. The molecule has 1 aromatic carbocycles. The summed E-state index contributed by atoms with van der Waals surface area (Å²) < 4.78 is 5.52. The second-order valence-corrected chi connectivity index (χ2v) is 8.41. The van der Waals surface area contributed by atoms with E-state index in [0.29, 0.717) is 17.2 Å². The quantitative estimate of drug-likeness (QED) is 0.699. The fraction of sp³-hybridized carbons (Fsp3) is 0.435. The Kier molecular flexibility index (Phi) is 5.13. The van der Waals surface area contributed by atoms with E-state index in [4.69, 9.17) is 4.74 Å². The van der Waals surface area contributed by atoms with Crippen molar-refractivity contribution in [3.05, 3.63) is 58.8 Å². The zero-order valence-corrected chi connectivity index (χ0v) is 17.5. The molecule has 1 saturated heterocycles. The van der Waals surface area contributed by atoms with Crippen molar-refractivity contribution in [1.29, 1.82) is 0 Å². The van der Waals surface area contributed by atoms with Gasteiger partial charge in [-0.3, -0.25) is 4.79 Å². The van der Waals surface area contributed by atoms with E-state index in [2.05, 4.69) is 45.4 Å². The monoisotopic (exact) mass is 392 g/mol. The summed E-state index contributed by atoms with van der Waals surface area (Å²) in [5.74, 6) is 0.357. The number of amides is 1. The molecule has 0 unspecified atom stereocenters. The van der Waals surface area contributed by atoms with Crippen LogP contribution in [0, 0.1) is 13.8 Å². The van der Waals surface area contributed by atoms with Gasteiger partial charge in [-0.1, -0.05) is 6.07 Å². The smallest absolute Gasteiger partial charge is 0.255 e. The minimum atomic E-state index is -0.532. The summed E-state index contributed by atoms with van der Waals surface area (Å²) in [4.78, 5) is 24.5. The predicted octanol–water partition coefficient (Wildman–Crippen LogP) is 4.13. The van der Waals surface area contributed by atoms with Crippen molar-refractivity contribution in [3.8, 4) is 0 Å². The van der Waals surface area contributed by atoms with E-state index in [1.165, 1.54) is 23.0 Å². The van der Waals surface area contributed by atoms with E-state index in [-0.39, 0.29) is 5.91 Å². The van der Waals surface area contributed by atoms with Crippen LogP contribution in [-0.4, -0.2) is 34.1 Å². The molecule has 2 N–H and O–H groups in total. The fourth-order valence-electron chi connectivity index (χ4n) is 4.17. The summed E-state index contributed by atoms with van der Waals surface area (Å²) >= 11 is 0. The lowest BCUT2D eigenvalue weighted by atomic mass is 9.91. The van der Waals surface area contributed by atoms with Crippen molar-refractivity contribution < 1.29 is 9.53 Å². The molecule has 29 heavy (non-hydrogen) atoms. The summed E-state index contributed by atoms with van der Waals surface area (Å²) in [5.41, 5.74) is 5.46. The first kappa shape index (κ1) is 19.6. The number of hydrogen-bond acceptors (Lipinski definition) is 4. The van der Waals surface area contributed by atoms with Crippen LogP contribution in [0.1, 0.15) is 65.5 Å². The van der Waals surface area contributed by atoms with Gasteiger partial charge in [0.1, 0.15) is 6.33 Å². The van der Waals surface area contributed by atoms with Gasteiger partial charge in [-0.2, -0.15) is 0 Å². The van der Waals surface area contributed by atoms with Crippen molar-refractivity contribution in [3.63, 3.8) is 0 Å². The van der Waals surface area contributed by atoms with Gasteiger partial charge in [-0.25, -0.2) is 9.97 Å². The van der Waals surface area contributed by atoms with Crippen LogP contribution in [0.15, 0.2) is 30.7 Å². The highest BCUT2D eigenvalue weighted by molar-refractivity contribution is 5.95. The Morgan fingerprint density at radius 3 is 2.72 bits per heavy atom. The molecule has 3 heterocycles. The number of hydrogen-bond donors (Lipinski definition) is 2. The van der Waals surface area contributed by atoms with Gasteiger partial charge in [0, 0.05) is 41.9 Å². The molecule has 0 atom stereocenters. The van der Waals surface area contributed by atoms with Crippen molar-refractivity contribution >= 4 is 16.8 Å². The molecular weight excluding hydrogens is 364 g/mol. The molecule has 152 valence electrons. The first-order valence-electron chi connectivity index (χ1n) is 10.2. The van der Waals surface area contributed by atoms with Gasteiger partial charge < -0.3 is 15.0 Å². The SMILES string of the molecule is Cc1ncncc1C(=O)NC(C)(C)c1ccc2[nH]c(C3CCOCC3)c(C)c2c1. The Labute approximate surface area is 171 Å². The normalized spacial score (nSPS) is 15.6. The highest BCUT2D eigenvalue weighted by Crippen LogP contribution is 2.34. The minimum absolute atomic E-state index is 0.165. The molecule has 0 aliphatic carbocycles. The lowest BCUT2D eigenvalue weighted by Gasteiger charge is -2.27. The fourth-order valence-corrected chi connectivity index (χ4v) is 4.17. The largest absolute Gasteiger partial charge is 0.381 e. The predicted molar refractivity (Wildman–Crippen MR) is 113 cm³/mol. The van der Waals surface area contributed by atoms with Gasteiger partial charge in [0.05, 0.1) is 16.8 Å². The molecule has 1 aliphatic rings. The van der Waals surface area contributed by atoms with Crippen molar-refractivity contribution in [1.82, 2.24) is 20.3 Å². The number of ether oxygens (including phenoxy) is 1. The Morgan fingerprint density at radius 2 is 2.00 bits per heavy atom. The number of aryl methyl sites for hydroxylation is 2. The van der Waals surface area contributed by atoms with Gasteiger partial charge in [-0.15, -0.1) is 0 Å². The lowest BCUT2D eigenvalue weighted by molar-refractivity contribution is 0.0845. The third-order valence-electron chi connectivity index (χ3n) is 6.03. The average molecular weight is 393 g/mol. The van der Waals surface area contributed by atoms with E-state index in [9.17, 15) is 4.79 Å². The summed E-state index contributed by atoms with van der Waals surface area (Å²) in [6.07, 6.45) is 5.13. The topological polar surface area (TPSA) is 79.9 Å². The third kappa shape index (κ3) is 3.77. The van der Waals surface area contributed by atoms with Crippen LogP contribution in [0.2, 0.25) is 0 Å². The maximum atomic E-state index is 12.8. The molecule has 3 aromatic rings. The van der Waals surface area contributed by atoms with Gasteiger partial charge in [0.25, 0.3) is 5.91 Å². The molecule has 1 amide bonds. The van der Waals surface area contributed by atoms with Crippen LogP contribution < -0.4 is 5.32 Å². The molecule has 1 aliphatic heterocycles. The Hall–Kier alpha value is -2.73. The molecule has 0 radical (unpaired) electrons. The van der Waals surface area contributed by atoms with Gasteiger partial charge in [0.2, 0.25) is 0 Å². The number of benzene rings is 1. The van der Waals surface area contributed by atoms with Crippen LogP contribution in [0.4, 0.5) is 0 Å². The highest BCUT2D eigenvalue weighted by Gasteiger charge is 2.26. The van der Waals surface area contributed by atoms with Crippen molar-refractivity contribution in [2.75, 3.05) is 13.2 Å². The number of nitrogens with one attached hydrogen (secondary N) is 2. The zero-order chi connectivity index (χ0) is 20.6. The van der Waals surface area contributed by atoms with Gasteiger partial charge >= 0.3 is 0 Å². The second-order valence-electron chi connectivity index (χ2n) is 8.41. The maximum Gasteiger partial charge on any atom is 0.255 e. The summed E-state index contributed by atoms with van der Waals surface area (Å²) in [6.45, 7) is 9.69. The van der Waals surface area contributed by atoms with Crippen LogP contribution in [0.25, 0.3) is 10.9 Å². The van der Waals surface area contributed by atoms with Crippen LogP contribution in [0.5, 0.6) is 0 Å². The molecule has 1 fully saturated rings. The molecule has 2 aromatic heterocycles. The highest BCUT2D eigenvalue weighted by atomic mass is 16.5. The summed E-state index contributed by atoms with van der Waals surface area (Å²) in [7, 11) is 0. The number of carbonyl (C=O) groups is 1. The molecule has 0 saturated carbocycles. The Bertz CT molecular complexity index is 1050. The van der Waals surface area contributed by atoms with Crippen LogP contribution in [-0.2, 0) is 10.3 Å². The van der Waals surface area contributed by atoms with Crippen LogP contribution in [0.3, 0.4) is 0 Å². The number of H-pyrrole nitrogens is 1. The second kappa shape index (κ2) is 7.59. The molecule has 6 nitrogen and oxygen atoms in total. The molecule has 0 spiro atoms. The standard InChI is InChI=1S/C23H28N4O2/c1-14-18-11-17(5-6-20(18)26-21(14)16-7-9-29-10-8-16)23(3,4)27-22(28)19-12-24-13-25-15(19)2/h5-6,11-13,16,26H,7-10H2,1-4H3,(H,27,28). The molecular formula is C23H28N4O2. The summed E-state index contributed by atoms with van der Waals surface area (Å²) in [6, 6.07) is 6.39. The van der Waals surface area contributed by atoms with E-state index in [0.717, 1.165) is 37.1 Å². The average Bonchev–Trinajstić information content (AvgIpc) is 3.05. The Morgan fingerprint density at radius 1 is 1.24 bits per heavy atom. The van der Waals surface area contributed by atoms with Gasteiger partial charge in [0.15, 0.2) is 0 Å². The third-order valence-corrected chi connectivity index (χ3v) is 6.03. The number of aromatic nitrogens is 3. The van der Waals surface area contributed by atoms with E-state index in [1.807, 2.05) is 20.8 Å². The number of rotatable bonds is 4. The van der Waals surface area contributed by atoms with Crippen LogP contribution >= 0.6 is 0 Å². The maximum absolute atomic E-state index is 12.8. The van der Waals surface area contributed by atoms with E-state index in [1.54, 1.807) is 6.20 Å². The number of carbonyl (C=O) groups excluding carboxylic acids is 1. The summed E-state index contributed by atoms with van der Waals surface area (Å²) in [5, 5.41) is 4.35. The van der Waals surface area contributed by atoms with E-state index >= 15 is 0 Å². The lowest BCUT2D eigenvalue weighted by Crippen LogP contribution is -2.41. The van der Waals surface area contributed by atoms with E-state index < -0.39 is 5.54 Å². The first-order valence-corrected chi connectivity index (χ1v) is 10.2. The van der Waals surface area contributed by atoms with Crippen molar-refractivity contribution in [2.45, 2.75) is 52.0 Å². The molecule has 0 bridgehead atoms. The molecule has 4 rings (SSSR count). The minimum Gasteiger partial charge on any atom is -0.381 e. The molecule has 6 heteroatoms. The number of fused-ring (bicyclic) bond motifs is 1. The first-order chi connectivity index (χ1) is 13.9. The zero-order valence-electron chi connectivity index (χ0n) is 17.5. The van der Waals surface area contributed by atoms with Crippen molar-refractivity contribution in [2.24, 2.45) is 0 Å². The van der Waals surface area contributed by atoms with Gasteiger partial charge in [-0.05, 0) is 63.8 Å².